The normalized spacial score (nSPS) is 11.0. The summed E-state index contributed by atoms with van der Waals surface area (Å²) in [4.78, 5) is 4.30. The van der Waals surface area contributed by atoms with Gasteiger partial charge in [-0.15, -0.1) is 0 Å². The number of imidazole rings is 1. The topological polar surface area (TPSA) is 29.9 Å². The fraction of sp³-hybridized carbons (Fsp3) is 0.667. The first-order chi connectivity index (χ1) is 5.74. The van der Waals surface area contributed by atoms with Crippen molar-refractivity contribution in [3.8, 4) is 0 Å². The fourth-order valence-electron chi connectivity index (χ4n) is 1.04. The standard InChI is InChI=1S/C9H17N3/c1-8(2)9-6-12(7-11-9)5-4-10-3/h6-8,10H,4-5H2,1-3H3. The highest BCUT2D eigenvalue weighted by Crippen LogP contribution is 2.09. The second-order valence-electron chi connectivity index (χ2n) is 3.29. The molecule has 0 spiro atoms. The Kier molecular flexibility index (Phi) is 3.29. The lowest BCUT2D eigenvalue weighted by Crippen LogP contribution is -2.13. The molecule has 1 aromatic rings. The second kappa shape index (κ2) is 4.26. The van der Waals surface area contributed by atoms with Crippen molar-refractivity contribution in [2.45, 2.75) is 26.3 Å². The van der Waals surface area contributed by atoms with Gasteiger partial charge in [0.15, 0.2) is 0 Å². The zero-order valence-corrected chi connectivity index (χ0v) is 8.04. The SMILES string of the molecule is CNCCn1cnc(C(C)C)c1. The van der Waals surface area contributed by atoms with Crippen molar-refractivity contribution in [1.82, 2.24) is 14.9 Å². The maximum absolute atomic E-state index is 4.30. The van der Waals surface area contributed by atoms with Gasteiger partial charge in [-0.1, -0.05) is 13.8 Å². The second-order valence-corrected chi connectivity index (χ2v) is 3.29. The van der Waals surface area contributed by atoms with E-state index in [0.29, 0.717) is 5.92 Å². The molecule has 68 valence electrons. The number of nitrogens with zero attached hydrogens (tertiary/aromatic N) is 2. The first-order valence-corrected chi connectivity index (χ1v) is 4.40. The maximum Gasteiger partial charge on any atom is 0.0949 e. The molecule has 0 radical (unpaired) electrons. The predicted molar refractivity (Wildman–Crippen MR) is 50.2 cm³/mol. The summed E-state index contributed by atoms with van der Waals surface area (Å²) in [6.07, 6.45) is 4.01. The van der Waals surface area contributed by atoms with Gasteiger partial charge in [-0.25, -0.2) is 4.98 Å². The predicted octanol–water partition coefficient (Wildman–Crippen LogP) is 1.23. The number of hydrogen-bond donors (Lipinski definition) is 1. The smallest absolute Gasteiger partial charge is 0.0949 e. The minimum atomic E-state index is 0.529. The Labute approximate surface area is 73.8 Å². The highest BCUT2D eigenvalue weighted by atomic mass is 15.0. The van der Waals surface area contributed by atoms with Gasteiger partial charge in [0, 0.05) is 19.3 Å². The molecule has 0 aliphatic rings. The molecule has 0 aromatic carbocycles. The van der Waals surface area contributed by atoms with Crippen LogP contribution in [0.5, 0.6) is 0 Å². The average molecular weight is 167 g/mol. The van der Waals surface area contributed by atoms with Crippen molar-refractivity contribution in [1.29, 1.82) is 0 Å². The third-order valence-corrected chi connectivity index (χ3v) is 1.86. The molecule has 3 nitrogen and oxygen atoms in total. The van der Waals surface area contributed by atoms with Crippen LogP contribution >= 0.6 is 0 Å². The lowest BCUT2D eigenvalue weighted by molar-refractivity contribution is 0.643. The zero-order chi connectivity index (χ0) is 8.97. The van der Waals surface area contributed by atoms with Gasteiger partial charge in [0.25, 0.3) is 0 Å². The lowest BCUT2D eigenvalue weighted by Gasteiger charge is -2.00. The Hall–Kier alpha value is -0.830. The molecule has 0 unspecified atom stereocenters. The summed E-state index contributed by atoms with van der Waals surface area (Å²) < 4.78 is 2.12. The number of hydrogen-bond acceptors (Lipinski definition) is 2. The van der Waals surface area contributed by atoms with E-state index in [2.05, 4.69) is 34.9 Å². The Morgan fingerprint density at radius 3 is 2.83 bits per heavy atom. The first-order valence-electron chi connectivity index (χ1n) is 4.40. The van der Waals surface area contributed by atoms with Gasteiger partial charge in [-0.3, -0.25) is 0 Å². The monoisotopic (exact) mass is 167 g/mol. The Balaban J connectivity index is 2.52. The summed E-state index contributed by atoms with van der Waals surface area (Å²) in [6, 6.07) is 0. The van der Waals surface area contributed by atoms with E-state index in [4.69, 9.17) is 0 Å². The number of aromatic nitrogens is 2. The summed E-state index contributed by atoms with van der Waals surface area (Å²) in [7, 11) is 1.96. The molecule has 0 atom stereocenters. The largest absolute Gasteiger partial charge is 0.336 e. The molecular weight excluding hydrogens is 150 g/mol. The fourth-order valence-corrected chi connectivity index (χ4v) is 1.04. The van der Waals surface area contributed by atoms with E-state index in [9.17, 15) is 0 Å². The number of rotatable bonds is 4. The van der Waals surface area contributed by atoms with Gasteiger partial charge < -0.3 is 9.88 Å². The molecule has 0 amide bonds. The molecule has 1 heterocycles. The Morgan fingerprint density at radius 1 is 1.58 bits per heavy atom. The van der Waals surface area contributed by atoms with Crippen molar-refractivity contribution in [2.75, 3.05) is 13.6 Å². The van der Waals surface area contributed by atoms with E-state index in [1.807, 2.05) is 13.4 Å². The maximum atomic E-state index is 4.30. The molecule has 0 aliphatic carbocycles. The van der Waals surface area contributed by atoms with E-state index in [0.717, 1.165) is 13.1 Å². The number of likely N-dealkylation sites (N-methyl/N-ethyl adjacent to an activating group) is 1. The molecular formula is C9H17N3. The van der Waals surface area contributed by atoms with E-state index in [-0.39, 0.29) is 0 Å². The van der Waals surface area contributed by atoms with E-state index >= 15 is 0 Å². The third-order valence-electron chi connectivity index (χ3n) is 1.86. The van der Waals surface area contributed by atoms with Crippen molar-refractivity contribution in [3.05, 3.63) is 18.2 Å². The summed E-state index contributed by atoms with van der Waals surface area (Å²) >= 11 is 0. The van der Waals surface area contributed by atoms with Crippen LogP contribution < -0.4 is 5.32 Å². The van der Waals surface area contributed by atoms with Crippen LogP contribution in [-0.4, -0.2) is 23.1 Å². The molecule has 0 saturated heterocycles. The molecule has 0 aliphatic heterocycles. The molecule has 1 N–H and O–H groups in total. The van der Waals surface area contributed by atoms with Gasteiger partial charge in [0.1, 0.15) is 0 Å². The minimum Gasteiger partial charge on any atom is -0.336 e. The van der Waals surface area contributed by atoms with Gasteiger partial charge in [-0.2, -0.15) is 0 Å². The van der Waals surface area contributed by atoms with Crippen LogP contribution in [0, 0.1) is 0 Å². The number of nitrogens with one attached hydrogen (secondary N) is 1. The Morgan fingerprint density at radius 2 is 2.33 bits per heavy atom. The molecule has 0 fully saturated rings. The summed E-state index contributed by atoms with van der Waals surface area (Å²) in [5.74, 6) is 0.529. The lowest BCUT2D eigenvalue weighted by atomic mass is 10.2. The van der Waals surface area contributed by atoms with Gasteiger partial charge in [0.05, 0.1) is 12.0 Å². The highest BCUT2D eigenvalue weighted by Gasteiger charge is 2.01. The van der Waals surface area contributed by atoms with E-state index in [1.165, 1.54) is 5.69 Å². The molecule has 1 rings (SSSR count). The van der Waals surface area contributed by atoms with Gasteiger partial charge >= 0.3 is 0 Å². The van der Waals surface area contributed by atoms with Crippen LogP contribution in [0.3, 0.4) is 0 Å². The first kappa shape index (κ1) is 9.26. The van der Waals surface area contributed by atoms with Crippen LogP contribution in [0.1, 0.15) is 25.5 Å². The van der Waals surface area contributed by atoms with Crippen LogP contribution in [0.2, 0.25) is 0 Å². The third kappa shape index (κ3) is 2.34. The van der Waals surface area contributed by atoms with Crippen molar-refractivity contribution in [2.24, 2.45) is 0 Å². The van der Waals surface area contributed by atoms with Crippen LogP contribution in [-0.2, 0) is 6.54 Å². The van der Waals surface area contributed by atoms with Crippen LogP contribution in [0.4, 0.5) is 0 Å². The summed E-state index contributed by atoms with van der Waals surface area (Å²) in [5.41, 5.74) is 1.17. The van der Waals surface area contributed by atoms with Crippen molar-refractivity contribution < 1.29 is 0 Å². The molecule has 12 heavy (non-hydrogen) atoms. The molecule has 0 bridgehead atoms. The zero-order valence-electron chi connectivity index (χ0n) is 8.04. The molecule has 1 aromatic heterocycles. The summed E-state index contributed by atoms with van der Waals surface area (Å²) in [5, 5.41) is 3.11. The molecule has 3 heteroatoms. The van der Waals surface area contributed by atoms with Gasteiger partial charge in [-0.05, 0) is 13.0 Å². The van der Waals surface area contributed by atoms with Crippen molar-refractivity contribution >= 4 is 0 Å². The van der Waals surface area contributed by atoms with Crippen LogP contribution in [0.15, 0.2) is 12.5 Å². The summed E-state index contributed by atoms with van der Waals surface area (Å²) in [6.45, 7) is 6.31. The molecule has 0 saturated carbocycles. The quantitative estimate of drug-likeness (QED) is 0.731. The minimum absolute atomic E-state index is 0.529. The van der Waals surface area contributed by atoms with E-state index in [1.54, 1.807) is 0 Å². The van der Waals surface area contributed by atoms with Crippen molar-refractivity contribution in [3.63, 3.8) is 0 Å². The van der Waals surface area contributed by atoms with Gasteiger partial charge in [0.2, 0.25) is 0 Å². The van der Waals surface area contributed by atoms with E-state index < -0.39 is 0 Å². The van der Waals surface area contributed by atoms with Crippen LogP contribution in [0.25, 0.3) is 0 Å². The Bertz CT molecular complexity index is 227. The average Bonchev–Trinajstić information content (AvgIpc) is 2.48. The highest BCUT2D eigenvalue weighted by molar-refractivity contribution is 5.01.